The number of nitrogens with zero attached hydrogens (tertiary/aromatic N) is 1. The monoisotopic (exact) mass is 234 g/mol. The number of amidine groups is 1. The number of benzene rings is 1. The second-order valence-corrected chi connectivity index (χ2v) is 4.36. The maximum absolute atomic E-state index is 11.6. The number of phenolic OH excluding ortho intramolecular Hbond substituents is 2. The van der Waals surface area contributed by atoms with Crippen LogP contribution in [0.3, 0.4) is 0 Å². The molecule has 0 aromatic heterocycles. The predicted molar refractivity (Wildman–Crippen MR) is 63.1 cm³/mol. The number of rotatable bonds is 2. The molecule has 1 aliphatic rings. The van der Waals surface area contributed by atoms with Crippen molar-refractivity contribution in [3.8, 4) is 11.5 Å². The van der Waals surface area contributed by atoms with Crippen LogP contribution in [0.4, 0.5) is 0 Å². The molecule has 5 heteroatoms. The molecular formula is C12H14N2O3. The number of carbonyl (C=O) groups is 1. The number of aliphatic imine (C=N–C) groups is 1. The summed E-state index contributed by atoms with van der Waals surface area (Å²) in [6, 6.07) is 3.94. The lowest BCUT2D eigenvalue weighted by molar-refractivity contribution is -0.120. The fourth-order valence-electron chi connectivity index (χ4n) is 1.69. The van der Waals surface area contributed by atoms with Crippen molar-refractivity contribution < 1.29 is 15.0 Å². The fourth-order valence-corrected chi connectivity index (χ4v) is 1.69. The van der Waals surface area contributed by atoms with Gasteiger partial charge in [-0.2, -0.15) is 0 Å². The minimum atomic E-state index is -0.388. The molecule has 0 saturated heterocycles. The van der Waals surface area contributed by atoms with E-state index in [0.29, 0.717) is 11.4 Å². The lowest BCUT2D eigenvalue weighted by Crippen LogP contribution is -2.31. The summed E-state index contributed by atoms with van der Waals surface area (Å²) in [4.78, 5) is 15.9. The number of aromatic hydroxyl groups is 2. The number of hydrogen-bond acceptors (Lipinski definition) is 4. The van der Waals surface area contributed by atoms with Crippen molar-refractivity contribution in [2.45, 2.75) is 19.9 Å². The molecule has 1 unspecified atom stereocenters. The molecule has 17 heavy (non-hydrogen) atoms. The van der Waals surface area contributed by atoms with Gasteiger partial charge in [0.15, 0.2) is 11.5 Å². The third kappa shape index (κ3) is 2.08. The Morgan fingerprint density at radius 3 is 2.53 bits per heavy atom. The number of amides is 1. The van der Waals surface area contributed by atoms with Crippen LogP contribution >= 0.6 is 0 Å². The molecule has 2 rings (SSSR count). The number of hydrogen-bond donors (Lipinski definition) is 3. The summed E-state index contributed by atoms with van der Waals surface area (Å²) in [6.07, 6.45) is 0. The minimum Gasteiger partial charge on any atom is -0.504 e. The second-order valence-electron chi connectivity index (χ2n) is 4.36. The Morgan fingerprint density at radius 1 is 1.29 bits per heavy atom. The normalized spacial score (nSPS) is 19.4. The zero-order valence-electron chi connectivity index (χ0n) is 9.64. The van der Waals surface area contributed by atoms with E-state index in [2.05, 4.69) is 10.3 Å². The SMILES string of the molecule is CC(C)C1N=C(c2ccc(O)c(O)c2)NC1=O. The van der Waals surface area contributed by atoms with Crippen molar-refractivity contribution in [1.29, 1.82) is 0 Å². The summed E-state index contributed by atoms with van der Waals surface area (Å²) in [6.45, 7) is 3.84. The Morgan fingerprint density at radius 2 is 2.00 bits per heavy atom. The van der Waals surface area contributed by atoms with Crippen LogP contribution in [-0.4, -0.2) is 28.0 Å². The third-order valence-corrected chi connectivity index (χ3v) is 2.66. The van der Waals surface area contributed by atoms with Crippen LogP contribution in [0, 0.1) is 5.92 Å². The number of phenols is 2. The van der Waals surface area contributed by atoms with Crippen molar-refractivity contribution in [1.82, 2.24) is 5.32 Å². The summed E-state index contributed by atoms with van der Waals surface area (Å²) in [5.74, 6) is -0.00342. The molecule has 3 N–H and O–H groups in total. The molecule has 1 aromatic carbocycles. The highest BCUT2D eigenvalue weighted by molar-refractivity contribution is 6.13. The zero-order chi connectivity index (χ0) is 12.6. The molecule has 1 amide bonds. The van der Waals surface area contributed by atoms with E-state index in [1.807, 2.05) is 13.8 Å². The quantitative estimate of drug-likeness (QED) is 0.667. The van der Waals surface area contributed by atoms with Gasteiger partial charge in [0.2, 0.25) is 0 Å². The molecule has 5 nitrogen and oxygen atoms in total. The van der Waals surface area contributed by atoms with Crippen molar-refractivity contribution in [3.63, 3.8) is 0 Å². The Labute approximate surface area is 98.8 Å². The van der Waals surface area contributed by atoms with E-state index >= 15 is 0 Å². The van der Waals surface area contributed by atoms with Crippen molar-refractivity contribution in [2.75, 3.05) is 0 Å². The van der Waals surface area contributed by atoms with Gasteiger partial charge in [0.05, 0.1) is 0 Å². The van der Waals surface area contributed by atoms with Crippen LogP contribution in [0.25, 0.3) is 0 Å². The topological polar surface area (TPSA) is 81.9 Å². The molecule has 0 radical (unpaired) electrons. The van der Waals surface area contributed by atoms with Gasteiger partial charge in [0, 0.05) is 5.56 Å². The average Bonchev–Trinajstić information content (AvgIpc) is 2.64. The summed E-state index contributed by atoms with van der Waals surface area (Å²) in [5.41, 5.74) is 0.580. The van der Waals surface area contributed by atoms with Gasteiger partial charge in [-0.3, -0.25) is 9.79 Å². The van der Waals surface area contributed by atoms with E-state index in [0.717, 1.165) is 0 Å². The second kappa shape index (κ2) is 4.08. The minimum absolute atomic E-state index is 0.123. The molecule has 0 saturated carbocycles. The van der Waals surface area contributed by atoms with Crippen LogP contribution < -0.4 is 5.32 Å². The third-order valence-electron chi connectivity index (χ3n) is 2.66. The molecule has 0 bridgehead atoms. The van der Waals surface area contributed by atoms with Crippen LogP contribution in [0.15, 0.2) is 23.2 Å². The van der Waals surface area contributed by atoms with E-state index in [1.165, 1.54) is 12.1 Å². The van der Waals surface area contributed by atoms with Gasteiger partial charge in [-0.1, -0.05) is 13.8 Å². The van der Waals surface area contributed by atoms with E-state index in [4.69, 9.17) is 0 Å². The summed E-state index contributed by atoms with van der Waals surface area (Å²) in [5, 5.41) is 21.3. The van der Waals surface area contributed by atoms with E-state index in [-0.39, 0.29) is 29.4 Å². The standard InChI is InChI=1S/C12H14N2O3/c1-6(2)10-12(17)14-11(13-10)7-3-4-8(15)9(16)5-7/h3-6,10,15-16H,1-2H3,(H,13,14,17). The van der Waals surface area contributed by atoms with Crippen LogP contribution in [0.2, 0.25) is 0 Å². The molecule has 90 valence electrons. The lowest BCUT2D eigenvalue weighted by Gasteiger charge is -2.06. The first-order valence-corrected chi connectivity index (χ1v) is 5.40. The maximum Gasteiger partial charge on any atom is 0.250 e. The van der Waals surface area contributed by atoms with Gasteiger partial charge in [0.1, 0.15) is 11.9 Å². The summed E-state index contributed by atoms with van der Waals surface area (Å²) >= 11 is 0. The molecule has 0 spiro atoms. The molecule has 1 aliphatic heterocycles. The van der Waals surface area contributed by atoms with Gasteiger partial charge in [-0.25, -0.2) is 0 Å². The molecule has 1 heterocycles. The van der Waals surface area contributed by atoms with E-state index in [1.54, 1.807) is 6.07 Å². The zero-order valence-corrected chi connectivity index (χ0v) is 9.64. The molecular weight excluding hydrogens is 220 g/mol. The first-order chi connectivity index (χ1) is 7.99. The largest absolute Gasteiger partial charge is 0.504 e. The predicted octanol–water partition coefficient (Wildman–Crippen LogP) is 0.999. The molecule has 0 fully saturated rings. The Balaban J connectivity index is 2.32. The van der Waals surface area contributed by atoms with Gasteiger partial charge in [-0.05, 0) is 24.1 Å². The van der Waals surface area contributed by atoms with Crippen LogP contribution in [0.1, 0.15) is 19.4 Å². The van der Waals surface area contributed by atoms with Crippen molar-refractivity contribution >= 4 is 11.7 Å². The van der Waals surface area contributed by atoms with E-state index in [9.17, 15) is 15.0 Å². The van der Waals surface area contributed by atoms with Crippen LogP contribution in [-0.2, 0) is 4.79 Å². The molecule has 1 atom stereocenters. The van der Waals surface area contributed by atoms with Crippen molar-refractivity contribution in [2.24, 2.45) is 10.9 Å². The number of nitrogens with one attached hydrogen (secondary N) is 1. The first-order valence-electron chi connectivity index (χ1n) is 5.40. The van der Waals surface area contributed by atoms with Crippen molar-refractivity contribution in [3.05, 3.63) is 23.8 Å². The highest BCUT2D eigenvalue weighted by atomic mass is 16.3. The Hall–Kier alpha value is -2.04. The average molecular weight is 234 g/mol. The summed E-state index contributed by atoms with van der Waals surface area (Å²) in [7, 11) is 0. The summed E-state index contributed by atoms with van der Waals surface area (Å²) < 4.78 is 0. The first kappa shape index (κ1) is 11.4. The van der Waals surface area contributed by atoms with Gasteiger partial charge in [-0.15, -0.1) is 0 Å². The molecule has 1 aromatic rings. The highest BCUT2D eigenvalue weighted by Crippen LogP contribution is 2.26. The van der Waals surface area contributed by atoms with Gasteiger partial charge < -0.3 is 15.5 Å². The maximum atomic E-state index is 11.6. The number of carbonyl (C=O) groups excluding carboxylic acids is 1. The van der Waals surface area contributed by atoms with Crippen LogP contribution in [0.5, 0.6) is 11.5 Å². The van der Waals surface area contributed by atoms with E-state index < -0.39 is 0 Å². The Kier molecular flexibility index (Phi) is 2.75. The Bertz CT molecular complexity index is 495. The fraction of sp³-hybridized carbons (Fsp3) is 0.333. The highest BCUT2D eigenvalue weighted by Gasteiger charge is 2.29. The van der Waals surface area contributed by atoms with Gasteiger partial charge >= 0.3 is 0 Å². The molecule has 0 aliphatic carbocycles. The lowest BCUT2D eigenvalue weighted by atomic mass is 10.1. The smallest absolute Gasteiger partial charge is 0.250 e. The van der Waals surface area contributed by atoms with Gasteiger partial charge in [0.25, 0.3) is 5.91 Å².